The van der Waals surface area contributed by atoms with E-state index in [9.17, 15) is 9.59 Å². The van der Waals surface area contributed by atoms with Crippen LogP contribution < -0.4 is 0 Å². The highest BCUT2D eigenvalue weighted by atomic mass is 16.5. The number of methoxy groups -OCH3 is 2. The number of ether oxygens (including phenoxy) is 2. The second-order valence-corrected chi connectivity index (χ2v) is 6.54. The first-order chi connectivity index (χ1) is 10.6. The molecule has 0 saturated heterocycles. The first kappa shape index (κ1) is 19.0. The molecule has 0 unspecified atom stereocenters. The maximum absolute atomic E-state index is 11.5. The van der Waals surface area contributed by atoms with Crippen molar-refractivity contribution in [2.75, 3.05) is 14.2 Å². The van der Waals surface area contributed by atoms with Gasteiger partial charge in [-0.05, 0) is 32.1 Å². The molecular weight excluding hydrogens is 280 g/mol. The molecule has 0 spiro atoms. The fourth-order valence-electron chi connectivity index (χ4n) is 3.65. The molecule has 0 amide bonds. The molecule has 2 saturated carbocycles. The maximum Gasteiger partial charge on any atom is 0.311 e. The van der Waals surface area contributed by atoms with Crippen molar-refractivity contribution in [3.63, 3.8) is 0 Å². The highest BCUT2D eigenvalue weighted by Gasteiger charge is 2.38. The molecule has 2 rings (SSSR count). The molecule has 0 aromatic heterocycles. The summed E-state index contributed by atoms with van der Waals surface area (Å²) < 4.78 is 9.50. The molecule has 4 nitrogen and oxygen atoms in total. The Bertz CT molecular complexity index is 339. The summed E-state index contributed by atoms with van der Waals surface area (Å²) in [6.07, 6.45) is 12.4. The summed E-state index contributed by atoms with van der Waals surface area (Å²) in [7, 11) is 2.96. The van der Waals surface area contributed by atoms with Gasteiger partial charge in [0.15, 0.2) is 0 Å². The molecule has 128 valence electrons. The van der Waals surface area contributed by atoms with Gasteiger partial charge in [0, 0.05) is 0 Å². The van der Waals surface area contributed by atoms with Gasteiger partial charge >= 0.3 is 11.9 Å². The Balaban J connectivity index is 0.000000224. The van der Waals surface area contributed by atoms with Gasteiger partial charge in [-0.2, -0.15) is 0 Å². The quantitative estimate of drug-likeness (QED) is 0.731. The minimum atomic E-state index is -0.132. The van der Waals surface area contributed by atoms with Gasteiger partial charge < -0.3 is 9.47 Å². The second kappa shape index (κ2) is 9.86. The third kappa shape index (κ3) is 5.29. The molecule has 0 aromatic carbocycles. The summed E-state index contributed by atoms with van der Waals surface area (Å²) >= 11 is 0. The van der Waals surface area contributed by atoms with Crippen LogP contribution in [0.15, 0.2) is 0 Å². The zero-order valence-electron chi connectivity index (χ0n) is 14.5. The van der Waals surface area contributed by atoms with Crippen molar-refractivity contribution in [1.82, 2.24) is 0 Å². The summed E-state index contributed by atoms with van der Waals surface area (Å²) in [6.45, 7) is 2.09. The van der Waals surface area contributed by atoms with E-state index in [1.807, 2.05) is 0 Å². The van der Waals surface area contributed by atoms with Crippen LogP contribution in [0.5, 0.6) is 0 Å². The Labute approximate surface area is 134 Å². The van der Waals surface area contributed by atoms with E-state index in [-0.39, 0.29) is 23.3 Å². The van der Waals surface area contributed by atoms with Gasteiger partial charge in [-0.15, -0.1) is 0 Å². The van der Waals surface area contributed by atoms with Crippen molar-refractivity contribution in [3.8, 4) is 0 Å². The second-order valence-electron chi connectivity index (χ2n) is 6.54. The summed E-state index contributed by atoms with van der Waals surface area (Å²) in [5.74, 6) is 0.197. The van der Waals surface area contributed by atoms with Crippen LogP contribution in [0.3, 0.4) is 0 Å². The van der Waals surface area contributed by atoms with E-state index in [0.717, 1.165) is 32.1 Å². The molecule has 0 aliphatic heterocycles. The molecule has 0 N–H and O–H groups in total. The van der Waals surface area contributed by atoms with Crippen molar-refractivity contribution >= 4 is 11.9 Å². The molecule has 22 heavy (non-hydrogen) atoms. The van der Waals surface area contributed by atoms with Gasteiger partial charge in [0.05, 0.1) is 25.6 Å². The summed E-state index contributed by atoms with van der Waals surface area (Å²) in [5, 5.41) is 0. The molecule has 0 aromatic rings. The molecule has 0 bridgehead atoms. The van der Waals surface area contributed by atoms with Gasteiger partial charge in [-0.3, -0.25) is 9.59 Å². The van der Waals surface area contributed by atoms with Crippen LogP contribution in [0.25, 0.3) is 0 Å². The summed E-state index contributed by atoms with van der Waals surface area (Å²) in [4.78, 5) is 22.4. The third-order valence-electron chi connectivity index (χ3n) is 5.25. The molecule has 4 heteroatoms. The first-order valence-electron chi connectivity index (χ1n) is 8.76. The Hall–Kier alpha value is -1.06. The average Bonchev–Trinajstić information content (AvgIpc) is 2.62. The van der Waals surface area contributed by atoms with Gasteiger partial charge in [0.25, 0.3) is 0 Å². The fourth-order valence-corrected chi connectivity index (χ4v) is 3.65. The van der Waals surface area contributed by atoms with Crippen LogP contribution in [0.2, 0.25) is 0 Å². The molecule has 2 aliphatic rings. The number of hydrogen-bond donors (Lipinski definition) is 0. The van der Waals surface area contributed by atoms with Crippen LogP contribution in [-0.2, 0) is 19.1 Å². The van der Waals surface area contributed by atoms with E-state index in [4.69, 9.17) is 4.74 Å². The summed E-state index contributed by atoms with van der Waals surface area (Å²) in [6, 6.07) is 0. The van der Waals surface area contributed by atoms with E-state index >= 15 is 0 Å². The lowest BCUT2D eigenvalue weighted by Gasteiger charge is -2.33. The third-order valence-corrected chi connectivity index (χ3v) is 5.25. The monoisotopic (exact) mass is 312 g/mol. The minimum absolute atomic E-state index is 0.00435. The number of esters is 2. The number of rotatable bonds is 3. The Morgan fingerprint density at radius 1 is 0.909 bits per heavy atom. The van der Waals surface area contributed by atoms with Crippen LogP contribution in [0, 0.1) is 11.3 Å². The highest BCUT2D eigenvalue weighted by molar-refractivity contribution is 5.76. The van der Waals surface area contributed by atoms with E-state index in [1.54, 1.807) is 0 Å². The minimum Gasteiger partial charge on any atom is -0.469 e. The Morgan fingerprint density at radius 3 is 1.91 bits per heavy atom. The molecule has 0 heterocycles. The predicted octanol–water partition coefficient (Wildman–Crippen LogP) is 4.26. The SMILES string of the molecule is CCC1(C(=O)OC)CCCCC1.COC(=O)C1CCCCC1. The molecule has 0 radical (unpaired) electrons. The van der Waals surface area contributed by atoms with E-state index in [0.29, 0.717) is 0 Å². The lowest BCUT2D eigenvalue weighted by Crippen LogP contribution is -2.33. The van der Waals surface area contributed by atoms with Crippen LogP contribution in [-0.4, -0.2) is 26.2 Å². The van der Waals surface area contributed by atoms with Gasteiger partial charge in [0.1, 0.15) is 0 Å². The van der Waals surface area contributed by atoms with Gasteiger partial charge in [-0.1, -0.05) is 45.4 Å². The first-order valence-corrected chi connectivity index (χ1v) is 8.76. The van der Waals surface area contributed by atoms with Crippen molar-refractivity contribution < 1.29 is 19.1 Å². The topological polar surface area (TPSA) is 52.6 Å². The lowest BCUT2D eigenvalue weighted by molar-refractivity contribution is -0.155. The van der Waals surface area contributed by atoms with Crippen LogP contribution >= 0.6 is 0 Å². The molecule has 0 atom stereocenters. The molecular formula is C18H32O4. The number of carbonyl (C=O) groups excluding carboxylic acids is 2. The van der Waals surface area contributed by atoms with Gasteiger partial charge in [0.2, 0.25) is 0 Å². The van der Waals surface area contributed by atoms with E-state index < -0.39 is 0 Å². The standard InChI is InChI=1S/C10H18O2.C8H14O2/c1-3-10(9(11)12-2)7-5-4-6-8-10;1-10-8(9)7-5-3-2-4-6-7/h3-8H2,1-2H3;7H,2-6H2,1H3. The van der Waals surface area contributed by atoms with Crippen LogP contribution in [0.1, 0.15) is 77.6 Å². The fraction of sp³-hybridized carbons (Fsp3) is 0.889. The van der Waals surface area contributed by atoms with E-state index in [1.165, 1.54) is 52.7 Å². The normalized spacial score (nSPS) is 21.2. The van der Waals surface area contributed by atoms with E-state index in [2.05, 4.69) is 11.7 Å². The smallest absolute Gasteiger partial charge is 0.311 e. The van der Waals surface area contributed by atoms with Gasteiger partial charge in [-0.25, -0.2) is 0 Å². The highest BCUT2D eigenvalue weighted by Crippen LogP contribution is 2.39. The Kier molecular flexibility index (Phi) is 8.51. The van der Waals surface area contributed by atoms with Crippen LogP contribution in [0.4, 0.5) is 0 Å². The molecule has 2 fully saturated rings. The summed E-state index contributed by atoms with van der Waals surface area (Å²) in [5.41, 5.74) is -0.132. The molecule has 2 aliphatic carbocycles. The largest absolute Gasteiger partial charge is 0.469 e. The zero-order valence-corrected chi connectivity index (χ0v) is 14.5. The van der Waals surface area contributed by atoms with Crippen molar-refractivity contribution in [1.29, 1.82) is 0 Å². The maximum atomic E-state index is 11.5. The number of carbonyl (C=O) groups is 2. The predicted molar refractivity (Wildman–Crippen MR) is 86.4 cm³/mol. The van der Waals surface area contributed by atoms with Crippen molar-refractivity contribution in [2.45, 2.75) is 77.6 Å². The lowest BCUT2D eigenvalue weighted by atomic mass is 9.72. The Morgan fingerprint density at radius 2 is 1.45 bits per heavy atom. The zero-order chi connectivity index (χ0) is 16.4. The van der Waals surface area contributed by atoms with Crippen molar-refractivity contribution in [2.24, 2.45) is 11.3 Å². The average molecular weight is 312 g/mol. The van der Waals surface area contributed by atoms with Crippen molar-refractivity contribution in [3.05, 3.63) is 0 Å². The number of hydrogen-bond acceptors (Lipinski definition) is 4.